The van der Waals surface area contributed by atoms with Gasteiger partial charge in [0.1, 0.15) is 18.0 Å². The molecule has 5 nitrogen and oxygen atoms in total. The number of aryl methyl sites for hydroxylation is 1. The summed E-state index contributed by atoms with van der Waals surface area (Å²) in [6, 6.07) is 9.66. The van der Waals surface area contributed by atoms with Crippen molar-refractivity contribution in [2.75, 3.05) is 5.73 Å². The summed E-state index contributed by atoms with van der Waals surface area (Å²) in [7, 11) is 0. The SMILES string of the molecule is Cc1cc(N)c2c(c1)C(C=O)C(O)=C(c1ccc(O)cc1)O2. The van der Waals surface area contributed by atoms with Crippen LogP contribution in [0.1, 0.15) is 22.6 Å². The Balaban J connectivity index is 2.17. The van der Waals surface area contributed by atoms with Crippen molar-refractivity contribution in [2.45, 2.75) is 12.8 Å². The van der Waals surface area contributed by atoms with E-state index in [-0.39, 0.29) is 17.3 Å². The zero-order valence-electron chi connectivity index (χ0n) is 11.9. The first-order valence-corrected chi connectivity index (χ1v) is 6.77. The molecule has 0 aromatic heterocycles. The van der Waals surface area contributed by atoms with Crippen LogP contribution in [0.15, 0.2) is 42.2 Å². The van der Waals surface area contributed by atoms with E-state index in [0.717, 1.165) is 5.56 Å². The Morgan fingerprint density at radius 2 is 1.86 bits per heavy atom. The number of phenolic OH excluding ortho intramolecular Hbond substituents is 1. The van der Waals surface area contributed by atoms with E-state index in [4.69, 9.17) is 10.5 Å². The van der Waals surface area contributed by atoms with Crippen LogP contribution in [-0.4, -0.2) is 16.5 Å². The molecule has 0 bridgehead atoms. The molecule has 112 valence electrons. The van der Waals surface area contributed by atoms with Crippen LogP contribution < -0.4 is 10.5 Å². The van der Waals surface area contributed by atoms with Crippen LogP contribution in [0.3, 0.4) is 0 Å². The number of hydrogen-bond acceptors (Lipinski definition) is 5. The van der Waals surface area contributed by atoms with E-state index in [1.165, 1.54) is 12.1 Å². The molecular weight excluding hydrogens is 282 g/mol. The highest BCUT2D eigenvalue weighted by Gasteiger charge is 2.31. The summed E-state index contributed by atoms with van der Waals surface area (Å²) in [6.07, 6.45) is 0.663. The van der Waals surface area contributed by atoms with Gasteiger partial charge in [0.05, 0.1) is 5.69 Å². The molecule has 0 radical (unpaired) electrons. The Hall–Kier alpha value is -2.95. The standard InChI is InChI=1S/C17H15NO4/c1-9-6-12-13(8-19)15(21)16(22-17(12)14(18)7-9)10-2-4-11(20)5-3-10/h2-8,13,20-21H,18H2,1H3. The van der Waals surface area contributed by atoms with Crippen molar-refractivity contribution < 1.29 is 19.7 Å². The summed E-state index contributed by atoms with van der Waals surface area (Å²) < 4.78 is 5.75. The molecule has 5 heteroatoms. The largest absolute Gasteiger partial charge is 0.508 e. The van der Waals surface area contributed by atoms with E-state index < -0.39 is 5.92 Å². The predicted molar refractivity (Wildman–Crippen MR) is 82.7 cm³/mol. The fourth-order valence-electron chi connectivity index (χ4n) is 2.58. The number of carbonyl (C=O) groups is 1. The smallest absolute Gasteiger partial charge is 0.173 e. The molecule has 1 unspecified atom stereocenters. The number of fused-ring (bicyclic) bond motifs is 1. The molecule has 1 aliphatic heterocycles. The number of aliphatic hydroxyl groups excluding tert-OH is 1. The first-order chi connectivity index (χ1) is 10.5. The number of rotatable bonds is 2. The molecule has 0 amide bonds. The third-order valence-corrected chi connectivity index (χ3v) is 3.62. The molecule has 3 rings (SSSR count). The first-order valence-electron chi connectivity index (χ1n) is 6.77. The van der Waals surface area contributed by atoms with Gasteiger partial charge in [-0.15, -0.1) is 0 Å². The zero-order valence-corrected chi connectivity index (χ0v) is 11.9. The summed E-state index contributed by atoms with van der Waals surface area (Å²) in [5.41, 5.74) is 8.37. The topological polar surface area (TPSA) is 92.8 Å². The number of carbonyl (C=O) groups excluding carboxylic acids is 1. The van der Waals surface area contributed by atoms with E-state index in [1.54, 1.807) is 24.3 Å². The minimum absolute atomic E-state index is 0.0992. The van der Waals surface area contributed by atoms with E-state index in [9.17, 15) is 15.0 Å². The van der Waals surface area contributed by atoms with Gasteiger partial charge in [0.2, 0.25) is 0 Å². The number of aliphatic hydroxyl groups is 1. The van der Waals surface area contributed by atoms with Gasteiger partial charge in [-0.25, -0.2) is 0 Å². The number of allylic oxidation sites excluding steroid dienone is 1. The third-order valence-electron chi connectivity index (χ3n) is 3.62. The van der Waals surface area contributed by atoms with E-state index in [1.807, 2.05) is 6.92 Å². The number of hydrogen-bond donors (Lipinski definition) is 3. The number of aromatic hydroxyl groups is 1. The quantitative estimate of drug-likeness (QED) is 0.585. The normalized spacial score (nSPS) is 16.9. The van der Waals surface area contributed by atoms with Crippen LogP contribution in [-0.2, 0) is 4.79 Å². The molecule has 0 spiro atoms. The maximum absolute atomic E-state index is 11.5. The number of nitrogens with two attached hydrogens (primary N) is 1. The molecule has 2 aromatic rings. The molecule has 1 atom stereocenters. The summed E-state index contributed by atoms with van der Waals surface area (Å²) >= 11 is 0. The average molecular weight is 297 g/mol. The number of benzene rings is 2. The van der Waals surface area contributed by atoms with Gasteiger partial charge in [0, 0.05) is 11.1 Å². The van der Waals surface area contributed by atoms with Crippen molar-refractivity contribution in [1.82, 2.24) is 0 Å². The molecular formula is C17H15NO4. The average Bonchev–Trinajstić information content (AvgIpc) is 2.48. The Kier molecular flexibility index (Phi) is 3.25. The highest BCUT2D eigenvalue weighted by Crippen LogP contribution is 2.44. The van der Waals surface area contributed by atoms with Crippen molar-refractivity contribution in [3.8, 4) is 11.5 Å². The second-order valence-corrected chi connectivity index (χ2v) is 5.25. The lowest BCUT2D eigenvalue weighted by Crippen LogP contribution is -2.17. The highest BCUT2D eigenvalue weighted by molar-refractivity contribution is 5.81. The Labute approximate surface area is 127 Å². The van der Waals surface area contributed by atoms with E-state index in [2.05, 4.69) is 0 Å². The molecule has 0 saturated heterocycles. The zero-order chi connectivity index (χ0) is 15.9. The minimum atomic E-state index is -0.824. The predicted octanol–water partition coefficient (Wildman–Crippen LogP) is 2.88. The molecule has 22 heavy (non-hydrogen) atoms. The van der Waals surface area contributed by atoms with Crippen molar-refractivity contribution in [3.05, 3.63) is 58.8 Å². The molecule has 0 aliphatic carbocycles. The number of phenols is 1. The summed E-state index contributed by atoms with van der Waals surface area (Å²) in [5, 5.41) is 19.8. The monoisotopic (exact) mass is 297 g/mol. The van der Waals surface area contributed by atoms with Crippen molar-refractivity contribution in [3.63, 3.8) is 0 Å². The number of ether oxygens (including phenoxy) is 1. The molecule has 0 fully saturated rings. The van der Waals surface area contributed by atoms with Gasteiger partial charge in [0.25, 0.3) is 0 Å². The van der Waals surface area contributed by atoms with Crippen LogP contribution in [0.5, 0.6) is 11.5 Å². The highest BCUT2D eigenvalue weighted by atomic mass is 16.5. The Morgan fingerprint density at radius 1 is 1.18 bits per heavy atom. The maximum Gasteiger partial charge on any atom is 0.173 e. The second kappa shape index (κ2) is 5.11. The van der Waals surface area contributed by atoms with Gasteiger partial charge in [-0.2, -0.15) is 0 Å². The second-order valence-electron chi connectivity index (χ2n) is 5.25. The van der Waals surface area contributed by atoms with E-state index in [0.29, 0.717) is 28.8 Å². The van der Waals surface area contributed by atoms with Crippen molar-refractivity contribution in [2.24, 2.45) is 0 Å². The number of nitrogen functional groups attached to an aromatic ring is 1. The van der Waals surface area contributed by atoms with Crippen LogP contribution in [0.2, 0.25) is 0 Å². The Morgan fingerprint density at radius 3 is 2.50 bits per heavy atom. The van der Waals surface area contributed by atoms with E-state index >= 15 is 0 Å². The number of aldehydes is 1. The summed E-state index contributed by atoms with van der Waals surface area (Å²) in [4.78, 5) is 11.5. The first kappa shape index (κ1) is 14.0. The Bertz CT molecular complexity index is 778. The number of anilines is 1. The molecule has 1 heterocycles. The van der Waals surface area contributed by atoms with Gasteiger partial charge >= 0.3 is 0 Å². The third kappa shape index (κ3) is 2.16. The molecule has 4 N–H and O–H groups in total. The summed E-state index contributed by atoms with van der Waals surface area (Å²) in [5.74, 6) is -0.348. The van der Waals surface area contributed by atoms with Crippen LogP contribution >= 0.6 is 0 Å². The van der Waals surface area contributed by atoms with Crippen molar-refractivity contribution in [1.29, 1.82) is 0 Å². The van der Waals surface area contributed by atoms with Crippen LogP contribution in [0.4, 0.5) is 5.69 Å². The van der Waals surface area contributed by atoms with Crippen LogP contribution in [0.25, 0.3) is 5.76 Å². The minimum Gasteiger partial charge on any atom is -0.508 e. The van der Waals surface area contributed by atoms with Crippen LogP contribution in [0, 0.1) is 6.92 Å². The lowest BCUT2D eigenvalue weighted by molar-refractivity contribution is -0.109. The fourth-order valence-corrected chi connectivity index (χ4v) is 2.58. The van der Waals surface area contributed by atoms with Gasteiger partial charge in [0.15, 0.2) is 17.3 Å². The van der Waals surface area contributed by atoms with Gasteiger partial charge in [-0.05, 0) is 42.8 Å². The lowest BCUT2D eigenvalue weighted by atomic mass is 9.91. The lowest BCUT2D eigenvalue weighted by Gasteiger charge is -2.26. The van der Waals surface area contributed by atoms with Crippen molar-refractivity contribution >= 4 is 17.7 Å². The fraction of sp³-hybridized carbons (Fsp3) is 0.118. The van der Waals surface area contributed by atoms with Gasteiger partial charge < -0.3 is 25.5 Å². The van der Waals surface area contributed by atoms with Gasteiger partial charge in [-0.3, -0.25) is 0 Å². The molecule has 2 aromatic carbocycles. The molecule has 0 saturated carbocycles. The maximum atomic E-state index is 11.5. The summed E-state index contributed by atoms with van der Waals surface area (Å²) in [6.45, 7) is 1.86. The molecule has 1 aliphatic rings. The van der Waals surface area contributed by atoms with Gasteiger partial charge in [-0.1, -0.05) is 6.07 Å².